The zero-order chi connectivity index (χ0) is 29.8. The number of hydrogen-bond acceptors (Lipinski definition) is 10. The lowest BCUT2D eigenvalue weighted by Crippen LogP contribution is -2.08. The van der Waals surface area contributed by atoms with Gasteiger partial charge in [-0.3, -0.25) is 4.79 Å². The predicted octanol–water partition coefficient (Wildman–Crippen LogP) is 3.11. The zero-order valence-corrected chi connectivity index (χ0v) is 23.6. The predicted molar refractivity (Wildman–Crippen MR) is 150 cm³/mol. The summed E-state index contributed by atoms with van der Waals surface area (Å²) in [5, 5.41) is 40.4. The molecule has 0 bridgehead atoms. The van der Waals surface area contributed by atoms with Crippen molar-refractivity contribution >= 4 is 11.9 Å². The molecule has 10 heteroatoms. The number of rotatable bonds is 11. The van der Waals surface area contributed by atoms with Gasteiger partial charge >= 0.3 is 0 Å². The van der Waals surface area contributed by atoms with Crippen molar-refractivity contribution in [3.8, 4) is 28.7 Å². The third kappa shape index (κ3) is 5.11. The van der Waals surface area contributed by atoms with E-state index in [-0.39, 0.29) is 24.7 Å². The first-order valence-electron chi connectivity index (χ1n) is 12.8. The van der Waals surface area contributed by atoms with E-state index < -0.39 is 19.1 Å². The maximum atomic E-state index is 14.1. The van der Waals surface area contributed by atoms with Crippen LogP contribution in [0.3, 0.4) is 0 Å². The molecule has 0 heterocycles. The van der Waals surface area contributed by atoms with Crippen LogP contribution in [0.2, 0.25) is 0 Å². The van der Waals surface area contributed by atoms with E-state index in [1.807, 2.05) is 0 Å². The molecule has 0 amide bonds. The van der Waals surface area contributed by atoms with Crippen molar-refractivity contribution in [2.45, 2.75) is 32.3 Å². The number of allylic oxidation sites excluding steroid dienone is 1. The second-order valence-electron chi connectivity index (χ2n) is 9.33. The number of carbonyl (C=O) groups excluding carboxylic acids is 1. The number of fused-ring (bicyclic) bond motifs is 1. The van der Waals surface area contributed by atoms with Gasteiger partial charge in [-0.1, -0.05) is 0 Å². The minimum absolute atomic E-state index is 0.277. The molecule has 1 aliphatic rings. The minimum Gasteiger partial charge on any atom is -0.496 e. The number of ketones is 1. The Bertz CT molecular complexity index is 1440. The van der Waals surface area contributed by atoms with Gasteiger partial charge in [0.15, 0.2) is 28.8 Å². The van der Waals surface area contributed by atoms with E-state index in [0.29, 0.717) is 73.1 Å². The van der Waals surface area contributed by atoms with Crippen LogP contribution in [0.15, 0.2) is 35.9 Å². The lowest BCUT2D eigenvalue weighted by molar-refractivity contribution is 0.103. The molecule has 0 radical (unpaired) electrons. The average Bonchev–Trinajstić information content (AvgIpc) is 3.28. The molecule has 0 fully saturated rings. The minimum atomic E-state index is -0.721. The van der Waals surface area contributed by atoms with Gasteiger partial charge in [-0.05, 0) is 53.1 Å². The lowest BCUT2D eigenvalue weighted by atomic mass is 9.85. The molecule has 41 heavy (non-hydrogen) atoms. The number of benzene rings is 3. The third-order valence-corrected chi connectivity index (χ3v) is 7.31. The maximum Gasteiger partial charge on any atom is 0.190 e. The van der Waals surface area contributed by atoms with E-state index in [1.165, 1.54) is 35.5 Å². The van der Waals surface area contributed by atoms with Crippen molar-refractivity contribution in [1.29, 1.82) is 0 Å². The van der Waals surface area contributed by atoms with E-state index in [2.05, 4.69) is 0 Å². The van der Waals surface area contributed by atoms with Crippen molar-refractivity contribution in [3.05, 3.63) is 80.4 Å². The quantitative estimate of drug-likeness (QED) is 0.256. The molecule has 4 N–H and O–H groups in total. The van der Waals surface area contributed by atoms with Crippen LogP contribution in [-0.2, 0) is 26.4 Å². The first-order valence-corrected chi connectivity index (χ1v) is 12.8. The van der Waals surface area contributed by atoms with Gasteiger partial charge in [-0.15, -0.1) is 0 Å². The van der Waals surface area contributed by atoms with Crippen LogP contribution in [0, 0.1) is 0 Å². The molecule has 4 rings (SSSR count). The highest BCUT2D eigenvalue weighted by Gasteiger charge is 2.40. The van der Waals surface area contributed by atoms with Gasteiger partial charge in [0.1, 0.15) is 5.75 Å². The molecule has 10 nitrogen and oxygen atoms in total. The Morgan fingerprint density at radius 1 is 0.659 bits per heavy atom. The fraction of sp³-hybridized carbons (Fsp3) is 0.323. The Morgan fingerprint density at radius 3 is 1.73 bits per heavy atom. The van der Waals surface area contributed by atoms with Crippen LogP contribution in [0.25, 0.3) is 6.08 Å². The van der Waals surface area contributed by atoms with Gasteiger partial charge < -0.3 is 44.1 Å². The van der Waals surface area contributed by atoms with E-state index in [9.17, 15) is 25.2 Å². The second-order valence-corrected chi connectivity index (χ2v) is 9.33. The molecule has 0 aliphatic heterocycles. The van der Waals surface area contributed by atoms with E-state index >= 15 is 0 Å². The van der Waals surface area contributed by atoms with Crippen LogP contribution in [0.1, 0.15) is 55.2 Å². The monoisotopic (exact) mass is 566 g/mol. The fourth-order valence-corrected chi connectivity index (χ4v) is 5.53. The Balaban J connectivity index is 2.09. The topological polar surface area (TPSA) is 144 Å². The smallest absolute Gasteiger partial charge is 0.190 e. The molecule has 3 aromatic carbocycles. The van der Waals surface area contributed by atoms with Gasteiger partial charge in [0.25, 0.3) is 0 Å². The van der Waals surface area contributed by atoms with Crippen LogP contribution >= 0.6 is 0 Å². The molecule has 218 valence electrons. The standard InChI is InChI=1S/C31H34O10/c1-37-24-8-16(6-19(13-33)29(24)39-3)7-21-26(17-9-20(14-34)30(40-4)25(11-17)38-2)27-22(28(21)36)10-18(12-32)23(15-35)31(27)41-5/h6-11,26,32-35H,12-15H2,1-5H3/b21-7-. The number of hydrogen-bond donors (Lipinski definition) is 4. The highest BCUT2D eigenvalue weighted by Crippen LogP contribution is 2.51. The summed E-state index contributed by atoms with van der Waals surface area (Å²) in [6.45, 7) is -1.50. The Labute approximate surface area is 238 Å². The number of aliphatic hydroxyl groups is 4. The van der Waals surface area contributed by atoms with Crippen molar-refractivity contribution < 1.29 is 48.9 Å². The van der Waals surface area contributed by atoms with Crippen molar-refractivity contribution in [3.63, 3.8) is 0 Å². The van der Waals surface area contributed by atoms with Gasteiger partial charge in [-0.25, -0.2) is 0 Å². The molecular formula is C31H34O10. The number of aliphatic hydroxyl groups excluding tert-OH is 4. The Kier molecular flexibility index (Phi) is 9.19. The summed E-state index contributed by atoms with van der Waals surface area (Å²) in [4.78, 5) is 14.1. The SMILES string of the molecule is COc1cc(/C=C2\C(=O)c3cc(CO)c(CO)c(OC)c3C2c2cc(CO)c(OC)c(OC)c2)cc(CO)c1OC. The molecule has 3 aromatic rings. The average molecular weight is 567 g/mol. The summed E-state index contributed by atoms with van der Waals surface area (Å²) in [7, 11) is 7.34. The molecule has 1 aliphatic carbocycles. The summed E-state index contributed by atoms with van der Waals surface area (Å²) < 4.78 is 27.7. The van der Waals surface area contributed by atoms with Crippen molar-refractivity contribution in [1.82, 2.24) is 0 Å². The molecule has 0 saturated carbocycles. The second kappa shape index (κ2) is 12.6. The van der Waals surface area contributed by atoms with E-state index in [1.54, 1.807) is 36.4 Å². The summed E-state index contributed by atoms with van der Waals surface area (Å²) in [6.07, 6.45) is 1.69. The molecule has 0 spiro atoms. The molecule has 1 atom stereocenters. The van der Waals surface area contributed by atoms with Gasteiger partial charge in [0.05, 0.1) is 62.0 Å². The molecule has 1 unspecified atom stereocenters. The molecule has 0 aromatic heterocycles. The van der Waals surface area contributed by atoms with E-state index in [0.717, 1.165) is 0 Å². The largest absolute Gasteiger partial charge is 0.496 e. The third-order valence-electron chi connectivity index (χ3n) is 7.31. The number of methoxy groups -OCH3 is 5. The summed E-state index contributed by atoms with van der Waals surface area (Å²) in [5.41, 5.74) is 3.99. The molecule has 0 saturated heterocycles. The van der Waals surface area contributed by atoms with Crippen molar-refractivity contribution in [2.75, 3.05) is 35.5 Å². The van der Waals surface area contributed by atoms with Crippen molar-refractivity contribution in [2.24, 2.45) is 0 Å². The lowest BCUT2D eigenvalue weighted by Gasteiger charge is -2.22. The van der Waals surface area contributed by atoms with Gasteiger partial charge in [0.2, 0.25) is 0 Å². The van der Waals surface area contributed by atoms with Crippen LogP contribution in [0.5, 0.6) is 28.7 Å². The normalized spacial score (nSPS) is 15.2. The van der Waals surface area contributed by atoms with Crippen LogP contribution < -0.4 is 23.7 Å². The zero-order valence-electron chi connectivity index (χ0n) is 23.6. The summed E-state index contributed by atoms with van der Waals surface area (Å²) in [6, 6.07) is 8.42. The number of Topliss-reactive ketones (excluding diaryl/α,β-unsaturated/α-hetero) is 1. The fourth-order valence-electron chi connectivity index (χ4n) is 5.53. The Hall–Kier alpha value is -4.09. The maximum absolute atomic E-state index is 14.1. The number of ether oxygens (including phenoxy) is 5. The summed E-state index contributed by atoms with van der Waals surface area (Å²) >= 11 is 0. The highest BCUT2D eigenvalue weighted by molar-refractivity contribution is 6.18. The number of carbonyl (C=O) groups is 1. The summed E-state index contributed by atoms with van der Waals surface area (Å²) in [5.74, 6) is 0.714. The van der Waals surface area contributed by atoms with E-state index in [4.69, 9.17) is 23.7 Å². The highest BCUT2D eigenvalue weighted by atomic mass is 16.5. The van der Waals surface area contributed by atoms with Crippen LogP contribution in [0.4, 0.5) is 0 Å². The first kappa shape index (κ1) is 29.9. The van der Waals surface area contributed by atoms with Gasteiger partial charge in [0, 0.05) is 39.3 Å². The Morgan fingerprint density at radius 2 is 1.22 bits per heavy atom. The molecular weight excluding hydrogens is 532 g/mol. The first-order chi connectivity index (χ1) is 19.8. The van der Waals surface area contributed by atoms with Crippen LogP contribution in [-0.4, -0.2) is 61.8 Å². The van der Waals surface area contributed by atoms with Gasteiger partial charge in [-0.2, -0.15) is 0 Å².